The molecule has 1 spiro atoms. The van der Waals surface area contributed by atoms with Gasteiger partial charge in [0.2, 0.25) is 5.91 Å². The van der Waals surface area contributed by atoms with Crippen LogP contribution in [0.25, 0.3) is 0 Å². The van der Waals surface area contributed by atoms with E-state index in [1.54, 1.807) is 7.11 Å². The maximum Gasteiger partial charge on any atom is 0.255 e. The smallest absolute Gasteiger partial charge is 0.255 e. The molecule has 3 rings (SSSR count). The number of hydrogen-bond acceptors (Lipinski definition) is 4. The van der Waals surface area contributed by atoms with Gasteiger partial charge in [-0.2, -0.15) is 0 Å². The Kier molecular flexibility index (Phi) is 7.49. The molecular formula is C23H34N2O3S. The van der Waals surface area contributed by atoms with Crippen LogP contribution in [0.1, 0.15) is 62.7 Å². The van der Waals surface area contributed by atoms with Crippen molar-refractivity contribution in [3.05, 3.63) is 29.8 Å². The molecule has 2 heterocycles. The molecule has 5 nitrogen and oxygen atoms in total. The van der Waals surface area contributed by atoms with Gasteiger partial charge in [0.25, 0.3) is 5.91 Å². The van der Waals surface area contributed by atoms with E-state index in [0.717, 1.165) is 69.7 Å². The van der Waals surface area contributed by atoms with Crippen LogP contribution >= 0.6 is 11.8 Å². The Morgan fingerprint density at radius 3 is 2.41 bits per heavy atom. The molecule has 2 fully saturated rings. The Morgan fingerprint density at radius 1 is 1.14 bits per heavy atom. The third kappa shape index (κ3) is 4.73. The molecule has 1 atom stereocenters. The zero-order chi connectivity index (χ0) is 20.9. The number of nitrogens with zero attached hydrogens (tertiary/aromatic N) is 2. The third-order valence-corrected chi connectivity index (χ3v) is 7.92. The molecule has 0 N–H and O–H groups in total. The standard InChI is InChI=1S/C23H34N2O3S/c1-4-6-7-18(5-2)21(26)24-14-12-23(13-15-24)25(16-17-29-23)22(27)19-8-10-20(28-3)11-9-19/h8-11,18H,4-7,12-17H2,1-3H3/t18-/m1/s1. The monoisotopic (exact) mass is 418 g/mol. The van der Waals surface area contributed by atoms with E-state index in [4.69, 9.17) is 4.74 Å². The van der Waals surface area contributed by atoms with Crippen molar-refractivity contribution in [2.75, 3.05) is 32.5 Å². The lowest BCUT2D eigenvalue weighted by Crippen LogP contribution is -2.54. The average molecular weight is 419 g/mol. The summed E-state index contributed by atoms with van der Waals surface area (Å²) in [5, 5.41) is 0. The van der Waals surface area contributed by atoms with Crippen LogP contribution in [0.2, 0.25) is 0 Å². The van der Waals surface area contributed by atoms with E-state index >= 15 is 0 Å². The van der Waals surface area contributed by atoms with Gasteiger partial charge < -0.3 is 14.5 Å². The highest BCUT2D eigenvalue weighted by atomic mass is 32.2. The van der Waals surface area contributed by atoms with Crippen molar-refractivity contribution in [2.45, 2.75) is 57.2 Å². The van der Waals surface area contributed by atoms with Gasteiger partial charge in [-0.15, -0.1) is 11.8 Å². The Hall–Kier alpha value is -1.69. The van der Waals surface area contributed by atoms with Crippen molar-refractivity contribution in [3.8, 4) is 5.75 Å². The average Bonchev–Trinajstić information content (AvgIpc) is 3.17. The maximum absolute atomic E-state index is 13.2. The summed E-state index contributed by atoms with van der Waals surface area (Å²) >= 11 is 1.89. The van der Waals surface area contributed by atoms with Crippen LogP contribution in [0.5, 0.6) is 5.75 Å². The zero-order valence-electron chi connectivity index (χ0n) is 18.0. The lowest BCUT2D eigenvalue weighted by Gasteiger charge is -2.44. The summed E-state index contributed by atoms with van der Waals surface area (Å²) in [5.74, 6) is 2.27. The highest BCUT2D eigenvalue weighted by Gasteiger charge is 2.47. The van der Waals surface area contributed by atoms with Gasteiger partial charge in [-0.1, -0.05) is 26.7 Å². The number of hydrogen-bond donors (Lipinski definition) is 0. The Labute approximate surface area is 179 Å². The molecule has 6 heteroatoms. The molecule has 0 aromatic heterocycles. The van der Waals surface area contributed by atoms with E-state index in [2.05, 4.69) is 18.7 Å². The molecule has 1 aromatic carbocycles. The number of piperidine rings is 1. The van der Waals surface area contributed by atoms with E-state index < -0.39 is 0 Å². The second-order valence-corrected chi connectivity index (χ2v) is 9.51. The highest BCUT2D eigenvalue weighted by Crippen LogP contribution is 2.44. The minimum absolute atomic E-state index is 0.0896. The van der Waals surface area contributed by atoms with Gasteiger partial charge in [-0.25, -0.2) is 0 Å². The first-order valence-corrected chi connectivity index (χ1v) is 11.9. The number of methoxy groups -OCH3 is 1. The molecule has 2 aliphatic heterocycles. The molecule has 0 saturated carbocycles. The molecule has 160 valence electrons. The summed E-state index contributed by atoms with van der Waals surface area (Å²) in [4.78, 5) is 30.1. The van der Waals surface area contributed by atoms with Gasteiger partial charge in [0, 0.05) is 36.9 Å². The number of carbonyl (C=O) groups excluding carboxylic acids is 2. The minimum Gasteiger partial charge on any atom is -0.497 e. The van der Waals surface area contributed by atoms with Crippen LogP contribution in [0.15, 0.2) is 24.3 Å². The number of amides is 2. The third-order valence-electron chi connectivity index (χ3n) is 6.36. The van der Waals surface area contributed by atoms with E-state index in [0.29, 0.717) is 11.5 Å². The first kappa shape index (κ1) is 22.0. The van der Waals surface area contributed by atoms with Gasteiger partial charge in [0.1, 0.15) is 5.75 Å². The predicted octanol–water partition coefficient (Wildman–Crippen LogP) is 4.42. The molecule has 0 radical (unpaired) electrons. The van der Waals surface area contributed by atoms with E-state index in [9.17, 15) is 9.59 Å². The number of likely N-dealkylation sites (tertiary alicyclic amines) is 1. The number of carbonyl (C=O) groups is 2. The quantitative estimate of drug-likeness (QED) is 0.658. The number of rotatable bonds is 7. The fraction of sp³-hybridized carbons (Fsp3) is 0.652. The van der Waals surface area contributed by atoms with Crippen molar-refractivity contribution < 1.29 is 14.3 Å². The molecule has 29 heavy (non-hydrogen) atoms. The van der Waals surface area contributed by atoms with E-state index in [1.165, 1.54) is 0 Å². The van der Waals surface area contributed by atoms with Crippen LogP contribution in [0, 0.1) is 5.92 Å². The summed E-state index contributed by atoms with van der Waals surface area (Å²) in [6.45, 7) is 6.57. The molecule has 2 aliphatic rings. The Balaban J connectivity index is 1.65. The lowest BCUT2D eigenvalue weighted by molar-refractivity contribution is -0.137. The summed E-state index contributed by atoms with van der Waals surface area (Å²) in [6.07, 6.45) is 5.86. The van der Waals surface area contributed by atoms with Gasteiger partial charge >= 0.3 is 0 Å². The maximum atomic E-state index is 13.2. The van der Waals surface area contributed by atoms with Crippen LogP contribution in [-0.2, 0) is 4.79 Å². The van der Waals surface area contributed by atoms with Gasteiger partial charge in [-0.3, -0.25) is 9.59 Å². The minimum atomic E-state index is -0.168. The van der Waals surface area contributed by atoms with Crippen LogP contribution in [-0.4, -0.2) is 59.0 Å². The van der Waals surface area contributed by atoms with Gasteiger partial charge in [-0.05, 0) is 49.9 Å². The van der Waals surface area contributed by atoms with Crippen molar-refractivity contribution >= 4 is 23.6 Å². The molecule has 0 aliphatic carbocycles. The fourth-order valence-corrected chi connectivity index (χ4v) is 5.94. The van der Waals surface area contributed by atoms with Gasteiger partial charge in [0.15, 0.2) is 0 Å². The Bertz CT molecular complexity index is 699. The van der Waals surface area contributed by atoms with Crippen molar-refractivity contribution in [2.24, 2.45) is 5.92 Å². The first-order valence-electron chi connectivity index (χ1n) is 10.9. The highest BCUT2D eigenvalue weighted by molar-refractivity contribution is 8.00. The summed E-state index contributed by atoms with van der Waals surface area (Å²) in [6, 6.07) is 7.36. The van der Waals surface area contributed by atoms with E-state index in [1.807, 2.05) is 40.9 Å². The van der Waals surface area contributed by atoms with Crippen molar-refractivity contribution in [1.29, 1.82) is 0 Å². The molecule has 2 amide bonds. The van der Waals surface area contributed by atoms with Gasteiger partial charge in [0.05, 0.1) is 12.0 Å². The largest absolute Gasteiger partial charge is 0.497 e. The van der Waals surface area contributed by atoms with Crippen LogP contribution < -0.4 is 4.74 Å². The Morgan fingerprint density at radius 2 is 1.83 bits per heavy atom. The number of thioether (sulfide) groups is 1. The predicted molar refractivity (Wildman–Crippen MR) is 118 cm³/mol. The lowest BCUT2D eigenvalue weighted by atomic mass is 9.95. The molecule has 0 unspecified atom stereocenters. The summed E-state index contributed by atoms with van der Waals surface area (Å²) in [5.41, 5.74) is 0.705. The SMILES string of the molecule is CCCC[C@@H](CC)C(=O)N1CCC2(CC1)SCCN2C(=O)c1ccc(OC)cc1. The number of ether oxygens (including phenoxy) is 1. The second-order valence-electron chi connectivity index (χ2n) is 8.05. The number of unbranched alkanes of at least 4 members (excludes halogenated alkanes) is 1. The zero-order valence-corrected chi connectivity index (χ0v) is 18.8. The van der Waals surface area contributed by atoms with Crippen LogP contribution in [0.4, 0.5) is 0 Å². The van der Waals surface area contributed by atoms with Crippen LogP contribution in [0.3, 0.4) is 0 Å². The summed E-state index contributed by atoms with van der Waals surface area (Å²) < 4.78 is 5.20. The number of benzene rings is 1. The fourth-order valence-electron chi connectivity index (χ4n) is 4.49. The van der Waals surface area contributed by atoms with Crippen molar-refractivity contribution in [1.82, 2.24) is 9.80 Å². The molecule has 1 aromatic rings. The molecular weight excluding hydrogens is 384 g/mol. The second kappa shape index (κ2) is 9.88. The van der Waals surface area contributed by atoms with E-state index in [-0.39, 0.29) is 16.7 Å². The molecule has 2 saturated heterocycles. The summed E-state index contributed by atoms with van der Waals surface area (Å²) in [7, 11) is 1.63. The van der Waals surface area contributed by atoms with Crippen molar-refractivity contribution in [3.63, 3.8) is 0 Å². The normalized spacial score (nSPS) is 19.4. The first-order chi connectivity index (χ1) is 14.0. The topological polar surface area (TPSA) is 49.9 Å². The molecule has 0 bridgehead atoms.